The number of hydrogen-bond acceptors (Lipinski definition) is 4. The van der Waals surface area contributed by atoms with E-state index in [1.165, 1.54) is 12.1 Å². The van der Waals surface area contributed by atoms with Crippen molar-refractivity contribution in [3.8, 4) is 11.1 Å². The van der Waals surface area contributed by atoms with Gasteiger partial charge in [0.2, 0.25) is 0 Å². The highest BCUT2D eigenvalue weighted by Gasteiger charge is 2.27. The van der Waals surface area contributed by atoms with Gasteiger partial charge in [-0.1, -0.05) is 24.3 Å². The Kier molecular flexibility index (Phi) is 6.22. The number of halogens is 2. The molecule has 166 valence electrons. The lowest BCUT2D eigenvalue weighted by molar-refractivity contribution is 0.100. The van der Waals surface area contributed by atoms with Crippen LogP contribution >= 0.6 is 15.9 Å². The van der Waals surface area contributed by atoms with Gasteiger partial charge in [0.05, 0.1) is 16.9 Å². The number of anilines is 3. The smallest absolute Gasteiger partial charge is 0.250 e. The van der Waals surface area contributed by atoms with Crippen LogP contribution in [0.2, 0.25) is 0 Å². The predicted octanol–water partition coefficient (Wildman–Crippen LogP) is 5.29. The molecule has 4 N–H and O–H groups in total. The Morgan fingerprint density at radius 2 is 1.94 bits per heavy atom. The topological polar surface area (TPSA) is 70.4 Å². The van der Waals surface area contributed by atoms with Crippen LogP contribution in [0.25, 0.3) is 11.1 Å². The van der Waals surface area contributed by atoms with Gasteiger partial charge in [-0.3, -0.25) is 4.79 Å². The van der Waals surface area contributed by atoms with Crippen molar-refractivity contribution >= 4 is 38.9 Å². The molecule has 5 nitrogen and oxygen atoms in total. The highest BCUT2D eigenvalue weighted by Crippen LogP contribution is 2.38. The van der Waals surface area contributed by atoms with Gasteiger partial charge in [0.1, 0.15) is 5.82 Å². The summed E-state index contributed by atoms with van der Waals surface area (Å²) in [5.74, 6) is -0.913. The van der Waals surface area contributed by atoms with E-state index >= 15 is 0 Å². The Morgan fingerprint density at radius 3 is 2.62 bits per heavy atom. The quantitative estimate of drug-likeness (QED) is 0.448. The number of rotatable bonds is 5. The van der Waals surface area contributed by atoms with Crippen molar-refractivity contribution in [2.75, 3.05) is 29.9 Å². The molecule has 1 fully saturated rings. The Labute approximate surface area is 195 Å². The molecule has 0 bridgehead atoms. The number of para-hydroxylation sites is 1. The second-order valence-corrected chi connectivity index (χ2v) is 9.48. The lowest BCUT2D eigenvalue weighted by Crippen LogP contribution is -2.57. The number of nitrogens with one attached hydrogen (secondary N) is 2. The highest BCUT2D eigenvalue weighted by atomic mass is 79.9. The molecule has 0 saturated carbocycles. The number of amides is 1. The maximum absolute atomic E-state index is 13.7. The predicted molar refractivity (Wildman–Crippen MR) is 132 cm³/mol. The maximum Gasteiger partial charge on any atom is 0.250 e. The number of carbonyl (C=O) groups is 1. The van der Waals surface area contributed by atoms with Gasteiger partial charge >= 0.3 is 0 Å². The van der Waals surface area contributed by atoms with Crippen LogP contribution < -0.4 is 21.3 Å². The minimum Gasteiger partial charge on any atom is -0.368 e. The van der Waals surface area contributed by atoms with Gasteiger partial charge in [0.15, 0.2) is 0 Å². The summed E-state index contributed by atoms with van der Waals surface area (Å²) in [4.78, 5) is 14.5. The van der Waals surface area contributed by atoms with Crippen molar-refractivity contribution in [2.24, 2.45) is 5.73 Å². The summed E-state index contributed by atoms with van der Waals surface area (Å²) in [7, 11) is 0. The van der Waals surface area contributed by atoms with Crippen LogP contribution in [0.4, 0.5) is 21.5 Å². The Hall–Kier alpha value is -2.90. The van der Waals surface area contributed by atoms with E-state index < -0.39 is 5.91 Å². The zero-order chi connectivity index (χ0) is 22.9. The molecular weight excluding hydrogens is 471 g/mol. The fourth-order valence-electron chi connectivity index (χ4n) is 4.12. The second kappa shape index (κ2) is 8.92. The molecule has 3 aromatic rings. The van der Waals surface area contributed by atoms with Crippen molar-refractivity contribution in [1.29, 1.82) is 0 Å². The van der Waals surface area contributed by atoms with Crippen LogP contribution in [0.3, 0.4) is 0 Å². The molecule has 1 heterocycles. The highest BCUT2D eigenvalue weighted by molar-refractivity contribution is 9.10. The Bertz CT molecular complexity index is 1160. The minimum absolute atomic E-state index is 0.0359. The molecular formula is C25H26BrFN4O. The number of hydrogen-bond donors (Lipinski definition) is 3. The molecule has 4 rings (SSSR count). The first kappa shape index (κ1) is 22.3. The SMILES string of the molecule is CC1(C)CN(c2ccc(-c3cccc(C(N)=O)c3Nc3cccc(F)c3)cc2Br)CCN1. The zero-order valence-electron chi connectivity index (χ0n) is 18.1. The summed E-state index contributed by atoms with van der Waals surface area (Å²) >= 11 is 3.74. The standard InChI is InChI=1S/C25H26BrFN4O/c1-25(2)15-31(12-11-29-25)22-10-9-16(13-21(22)26)19-7-4-8-20(24(28)32)23(19)30-18-6-3-5-17(27)14-18/h3-10,13-14,29-30H,11-12,15H2,1-2H3,(H2,28,32). The molecule has 32 heavy (non-hydrogen) atoms. The summed E-state index contributed by atoms with van der Waals surface area (Å²) in [5.41, 5.74) is 9.95. The van der Waals surface area contributed by atoms with Crippen molar-refractivity contribution in [2.45, 2.75) is 19.4 Å². The largest absolute Gasteiger partial charge is 0.368 e. The van der Waals surface area contributed by atoms with E-state index in [2.05, 4.69) is 51.4 Å². The third-order valence-corrected chi connectivity index (χ3v) is 6.23. The molecule has 0 aliphatic carbocycles. The maximum atomic E-state index is 13.7. The monoisotopic (exact) mass is 496 g/mol. The minimum atomic E-state index is -0.551. The summed E-state index contributed by atoms with van der Waals surface area (Å²) < 4.78 is 14.7. The number of nitrogens with two attached hydrogens (primary N) is 1. The van der Waals surface area contributed by atoms with Crippen LogP contribution in [0.1, 0.15) is 24.2 Å². The fourth-order valence-corrected chi connectivity index (χ4v) is 4.75. The first-order valence-electron chi connectivity index (χ1n) is 10.5. The Balaban J connectivity index is 1.74. The van der Waals surface area contributed by atoms with Gasteiger partial charge in [-0.25, -0.2) is 4.39 Å². The lowest BCUT2D eigenvalue weighted by atomic mass is 9.98. The van der Waals surface area contributed by atoms with Gasteiger partial charge in [0, 0.05) is 40.9 Å². The average molecular weight is 497 g/mol. The zero-order valence-corrected chi connectivity index (χ0v) is 19.7. The molecule has 1 saturated heterocycles. The van der Waals surface area contributed by atoms with E-state index in [-0.39, 0.29) is 11.4 Å². The molecule has 0 atom stereocenters. The molecule has 7 heteroatoms. The van der Waals surface area contributed by atoms with E-state index in [0.29, 0.717) is 16.9 Å². The van der Waals surface area contributed by atoms with Gasteiger partial charge in [-0.05, 0) is 71.7 Å². The van der Waals surface area contributed by atoms with Gasteiger partial charge < -0.3 is 21.3 Å². The first-order valence-corrected chi connectivity index (χ1v) is 11.3. The summed E-state index contributed by atoms with van der Waals surface area (Å²) in [6.07, 6.45) is 0. The van der Waals surface area contributed by atoms with Gasteiger partial charge in [-0.15, -0.1) is 0 Å². The molecule has 1 aliphatic rings. The molecule has 0 radical (unpaired) electrons. The average Bonchev–Trinajstić information content (AvgIpc) is 2.73. The molecule has 1 aliphatic heterocycles. The molecule has 0 spiro atoms. The molecule has 0 aromatic heterocycles. The number of primary amides is 1. The van der Waals surface area contributed by atoms with Crippen molar-refractivity contribution in [3.63, 3.8) is 0 Å². The third-order valence-electron chi connectivity index (χ3n) is 5.59. The van der Waals surface area contributed by atoms with E-state index in [0.717, 1.165) is 40.9 Å². The lowest BCUT2D eigenvalue weighted by Gasteiger charge is -2.40. The number of piperazine rings is 1. The third kappa shape index (κ3) is 4.79. The Morgan fingerprint density at radius 1 is 1.16 bits per heavy atom. The van der Waals surface area contributed by atoms with Crippen LogP contribution in [0, 0.1) is 5.82 Å². The van der Waals surface area contributed by atoms with Crippen molar-refractivity contribution < 1.29 is 9.18 Å². The van der Waals surface area contributed by atoms with Crippen LogP contribution in [0.5, 0.6) is 0 Å². The molecule has 1 amide bonds. The van der Waals surface area contributed by atoms with Gasteiger partial charge in [-0.2, -0.15) is 0 Å². The number of benzene rings is 3. The number of nitrogens with zero attached hydrogens (tertiary/aromatic N) is 1. The molecule has 0 unspecified atom stereocenters. The van der Waals surface area contributed by atoms with Crippen molar-refractivity contribution in [3.05, 3.63) is 76.5 Å². The van der Waals surface area contributed by atoms with E-state index in [4.69, 9.17) is 5.73 Å². The molecule has 3 aromatic carbocycles. The van der Waals surface area contributed by atoms with E-state index in [1.807, 2.05) is 18.2 Å². The van der Waals surface area contributed by atoms with Crippen molar-refractivity contribution in [1.82, 2.24) is 5.32 Å². The normalized spacial score (nSPS) is 15.4. The first-order chi connectivity index (χ1) is 15.2. The summed E-state index contributed by atoms with van der Waals surface area (Å²) in [5, 5.41) is 6.73. The van der Waals surface area contributed by atoms with E-state index in [1.54, 1.807) is 24.3 Å². The summed E-state index contributed by atoms with van der Waals surface area (Å²) in [6, 6.07) is 17.7. The summed E-state index contributed by atoms with van der Waals surface area (Å²) in [6.45, 7) is 7.13. The van der Waals surface area contributed by atoms with Crippen LogP contribution in [0.15, 0.2) is 65.1 Å². The second-order valence-electron chi connectivity index (χ2n) is 8.63. The van der Waals surface area contributed by atoms with Gasteiger partial charge in [0.25, 0.3) is 5.91 Å². The fraction of sp³-hybridized carbons (Fsp3) is 0.240. The van der Waals surface area contributed by atoms with Crippen LogP contribution in [-0.4, -0.2) is 31.1 Å². The number of carbonyl (C=O) groups excluding carboxylic acids is 1. The van der Waals surface area contributed by atoms with Crippen LogP contribution in [-0.2, 0) is 0 Å². The van der Waals surface area contributed by atoms with E-state index in [9.17, 15) is 9.18 Å².